The van der Waals surface area contributed by atoms with Crippen LogP contribution < -0.4 is 10.6 Å². The Morgan fingerprint density at radius 1 is 1.12 bits per heavy atom. The van der Waals surface area contributed by atoms with Crippen molar-refractivity contribution in [2.24, 2.45) is 0 Å². The van der Waals surface area contributed by atoms with Gasteiger partial charge in [0.05, 0.1) is 11.8 Å². The number of para-hydroxylation sites is 1. The maximum Gasteiger partial charge on any atom is 0.412 e. The maximum absolute atomic E-state index is 13.4. The summed E-state index contributed by atoms with van der Waals surface area (Å²) in [6.45, 7) is 5.37. The topological polar surface area (TPSA) is 120 Å². The summed E-state index contributed by atoms with van der Waals surface area (Å²) >= 11 is 0. The average molecular weight is 467 g/mol. The largest absolute Gasteiger partial charge is 0.444 e. The number of nitrogens with one attached hydrogen (secondary N) is 2. The average Bonchev–Trinajstić information content (AvgIpc) is 3.33. The summed E-state index contributed by atoms with van der Waals surface area (Å²) in [4.78, 5) is 39.0. The molecule has 2 N–H and O–H groups in total. The van der Waals surface area contributed by atoms with E-state index in [0.29, 0.717) is 16.6 Å². The molecule has 1 aliphatic carbocycles. The highest BCUT2D eigenvalue weighted by molar-refractivity contribution is 6.08. The molecule has 10 nitrogen and oxygen atoms in total. The van der Waals surface area contributed by atoms with Crippen molar-refractivity contribution in [3.63, 3.8) is 0 Å². The number of methoxy groups -OCH3 is 1. The Labute approximate surface area is 198 Å². The van der Waals surface area contributed by atoms with Gasteiger partial charge >= 0.3 is 6.09 Å². The molecule has 1 fully saturated rings. The fraction of sp³-hybridized carbons (Fsp3) is 0.458. The highest BCUT2D eigenvalue weighted by Crippen LogP contribution is 2.27. The minimum Gasteiger partial charge on any atom is -0.444 e. The molecule has 0 saturated heterocycles. The van der Waals surface area contributed by atoms with Gasteiger partial charge in [0.1, 0.15) is 23.1 Å². The number of fused-ring (bicyclic) bond motifs is 1. The number of hydrogen-bond acceptors (Lipinski definition) is 7. The van der Waals surface area contributed by atoms with E-state index < -0.39 is 11.7 Å². The number of aromatic nitrogens is 4. The molecule has 4 rings (SSSR count). The lowest BCUT2D eigenvalue weighted by molar-refractivity contribution is 0.0598. The van der Waals surface area contributed by atoms with Gasteiger partial charge in [0.2, 0.25) is 5.95 Å². The number of hydrogen-bond donors (Lipinski definition) is 2. The van der Waals surface area contributed by atoms with Gasteiger partial charge in [0, 0.05) is 30.9 Å². The number of benzene rings is 1. The van der Waals surface area contributed by atoms with Crippen LogP contribution in [0.3, 0.4) is 0 Å². The van der Waals surface area contributed by atoms with E-state index in [0.717, 1.165) is 25.7 Å². The van der Waals surface area contributed by atoms with Crippen LogP contribution in [0.1, 0.15) is 56.9 Å². The van der Waals surface area contributed by atoms with Gasteiger partial charge in [-0.25, -0.2) is 19.7 Å². The molecule has 34 heavy (non-hydrogen) atoms. The fourth-order valence-corrected chi connectivity index (χ4v) is 4.02. The molecule has 3 aromatic rings. The van der Waals surface area contributed by atoms with Crippen molar-refractivity contribution in [3.8, 4) is 5.95 Å². The van der Waals surface area contributed by atoms with Crippen LogP contribution in [0.25, 0.3) is 16.9 Å². The zero-order valence-electron chi connectivity index (χ0n) is 19.9. The number of imidazole rings is 1. The van der Waals surface area contributed by atoms with Gasteiger partial charge in [-0.15, -0.1) is 0 Å². The molecule has 180 valence electrons. The van der Waals surface area contributed by atoms with Crippen LogP contribution in [-0.2, 0) is 9.47 Å². The van der Waals surface area contributed by atoms with Crippen molar-refractivity contribution in [1.82, 2.24) is 24.8 Å². The third kappa shape index (κ3) is 5.51. The van der Waals surface area contributed by atoms with E-state index in [4.69, 9.17) is 9.47 Å². The van der Waals surface area contributed by atoms with Crippen molar-refractivity contribution in [3.05, 3.63) is 42.6 Å². The lowest BCUT2D eigenvalue weighted by atomic mass is 9.93. The van der Waals surface area contributed by atoms with Crippen molar-refractivity contribution in [2.75, 3.05) is 12.4 Å². The Bertz CT molecular complexity index is 1160. The highest BCUT2D eigenvalue weighted by atomic mass is 16.6. The van der Waals surface area contributed by atoms with Gasteiger partial charge < -0.3 is 14.8 Å². The molecule has 1 aromatic carbocycles. The number of nitrogens with zero attached hydrogens (tertiary/aromatic N) is 4. The molecule has 1 saturated carbocycles. The molecule has 2 heterocycles. The van der Waals surface area contributed by atoms with E-state index in [2.05, 4.69) is 25.6 Å². The Kier molecular flexibility index (Phi) is 6.78. The minimum absolute atomic E-state index is 0.0451. The third-order valence-electron chi connectivity index (χ3n) is 5.64. The molecule has 0 radical (unpaired) electrons. The zero-order valence-corrected chi connectivity index (χ0v) is 19.9. The molecule has 2 amide bonds. The fourth-order valence-electron chi connectivity index (χ4n) is 4.02. The number of rotatable bonds is 5. The van der Waals surface area contributed by atoms with Gasteiger partial charge in [-0.05, 0) is 52.5 Å². The number of carbonyl (C=O) groups is 2. The van der Waals surface area contributed by atoms with Crippen molar-refractivity contribution in [1.29, 1.82) is 0 Å². The molecule has 10 heteroatoms. The van der Waals surface area contributed by atoms with E-state index in [1.54, 1.807) is 69.4 Å². The van der Waals surface area contributed by atoms with Crippen LogP contribution in [0, 0.1) is 0 Å². The molecule has 0 bridgehead atoms. The van der Waals surface area contributed by atoms with E-state index in [-0.39, 0.29) is 29.7 Å². The van der Waals surface area contributed by atoms with Crippen LogP contribution >= 0.6 is 0 Å². The number of carbonyl (C=O) groups excluding carboxylic acids is 2. The van der Waals surface area contributed by atoms with Gasteiger partial charge in [0.25, 0.3) is 5.91 Å². The van der Waals surface area contributed by atoms with Crippen LogP contribution in [0.15, 0.2) is 36.9 Å². The zero-order chi connectivity index (χ0) is 24.3. The molecule has 2 aromatic heterocycles. The Morgan fingerprint density at radius 3 is 2.53 bits per heavy atom. The smallest absolute Gasteiger partial charge is 0.412 e. The van der Waals surface area contributed by atoms with Crippen molar-refractivity contribution in [2.45, 2.75) is 64.2 Å². The van der Waals surface area contributed by atoms with Crippen LogP contribution in [0.5, 0.6) is 0 Å². The summed E-state index contributed by atoms with van der Waals surface area (Å²) in [6, 6.07) is 5.27. The molecule has 0 unspecified atom stereocenters. The highest BCUT2D eigenvalue weighted by Gasteiger charge is 2.25. The summed E-state index contributed by atoms with van der Waals surface area (Å²) in [5.74, 6) is -0.0132. The Hall–Kier alpha value is -3.53. The summed E-state index contributed by atoms with van der Waals surface area (Å²) in [7, 11) is 1.72. The molecule has 0 atom stereocenters. The van der Waals surface area contributed by atoms with E-state index in [1.165, 1.54) is 0 Å². The van der Waals surface area contributed by atoms with Crippen molar-refractivity contribution < 1.29 is 19.1 Å². The van der Waals surface area contributed by atoms with Crippen LogP contribution in [0.4, 0.5) is 10.5 Å². The van der Waals surface area contributed by atoms with E-state index in [9.17, 15) is 9.59 Å². The quantitative estimate of drug-likeness (QED) is 0.586. The normalized spacial score (nSPS) is 18.5. The number of amides is 2. The minimum atomic E-state index is -0.654. The van der Waals surface area contributed by atoms with Crippen molar-refractivity contribution >= 4 is 28.6 Å². The SMILES string of the molecule is COC1CCC(NC(=O)c2nc(-n3ccnc3)nc3c(NC(=O)OC(C)(C)C)cccc23)CC1. The van der Waals surface area contributed by atoms with E-state index >= 15 is 0 Å². The van der Waals surface area contributed by atoms with Gasteiger partial charge in [-0.2, -0.15) is 0 Å². The molecular formula is C24H30N6O4. The van der Waals surface area contributed by atoms with Gasteiger partial charge in [-0.3, -0.25) is 14.7 Å². The monoisotopic (exact) mass is 466 g/mol. The second-order valence-corrected chi connectivity index (χ2v) is 9.35. The summed E-state index contributed by atoms with van der Waals surface area (Å²) in [5, 5.41) is 6.39. The molecule has 0 spiro atoms. The van der Waals surface area contributed by atoms with Gasteiger partial charge in [0.15, 0.2) is 0 Å². The number of ether oxygens (including phenoxy) is 2. The lowest BCUT2D eigenvalue weighted by Gasteiger charge is -2.28. The first-order valence-corrected chi connectivity index (χ1v) is 11.4. The first-order chi connectivity index (χ1) is 16.2. The molecule has 1 aliphatic rings. The third-order valence-corrected chi connectivity index (χ3v) is 5.64. The lowest BCUT2D eigenvalue weighted by Crippen LogP contribution is -2.39. The van der Waals surface area contributed by atoms with Crippen LogP contribution in [-0.4, -0.2) is 56.4 Å². The Morgan fingerprint density at radius 2 is 1.88 bits per heavy atom. The molecule has 0 aliphatic heterocycles. The standard InChI is InChI=1S/C24H30N6O4/c1-24(2,3)34-23(32)27-18-7-5-6-17-19(18)28-22(30-13-12-25-14-30)29-20(17)21(31)26-15-8-10-16(33-4)11-9-15/h5-7,12-16H,8-11H2,1-4H3,(H,26,31)(H,27,32). The maximum atomic E-state index is 13.4. The first kappa shape index (κ1) is 23.6. The summed E-state index contributed by atoms with van der Waals surface area (Å²) in [5.41, 5.74) is 0.430. The summed E-state index contributed by atoms with van der Waals surface area (Å²) < 4.78 is 12.4. The Balaban J connectivity index is 1.69. The number of anilines is 1. The predicted octanol–water partition coefficient (Wildman–Crippen LogP) is 3.85. The summed E-state index contributed by atoms with van der Waals surface area (Å²) in [6.07, 6.45) is 7.96. The molecular weight excluding hydrogens is 436 g/mol. The predicted molar refractivity (Wildman–Crippen MR) is 127 cm³/mol. The first-order valence-electron chi connectivity index (χ1n) is 11.4. The van der Waals surface area contributed by atoms with E-state index in [1.807, 2.05) is 0 Å². The second kappa shape index (κ2) is 9.76. The second-order valence-electron chi connectivity index (χ2n) is 9.35. The van der Waals surface area contributed by atoms with Gasteiger partial charge in [-0.1, -0.05) is 12.1 Å². The van der Waals surface area contributed by atoms with Crippen LogP contribution in [0.2, 0.25) is 0 Å².